The zero-order valence-electron chi connectivity index (χ0n) is 16.5. The summed E-state index contributed by atoms with van der Waals surface area (Å²) in [5.41, 5.74) is -4.27. The third-order valence-electron chi connectivity index (χ3n) is 5.60. The average molecular weight is 456 g/mol. The fraction of sp³-hybridized carbons (Fsp3) is 0.333. The molecule has 170 valence electrons. The molecule has 3 aromatic rings. The Labute approximate surface area is 178 Å². The Hall–Kier alpha value is -3.08. The van der Waals surface area contributed by atoms with Crippen LogP contribution in [0.1, 0.15) is 35.7 Å². The Kier molecular flexibility index (Phi) is 5.61. The van der Waals surface area contributed by atoms with Crippen molar-refractivity contribution in [3.63, 3.8) is 0 Å². The Bertz CT molecular complexity index is 1100. The van der Waals surface area contributed by atoms with Crippen molar-refractivity contribution in [3.8, 4) is 0 Å². The maximum absolute atomic E-state index is 15.9. The highest BCUT2D eigenvalue weighted by atomic mass is 19.4. The number of aromatic nitrogens is 3. The van der Waals surface area contributed by atoms with Crippen molar-refractivity contribution in [2.24, 2.45) is 0 Å². The predicted octanol–water partition coefficient (Wildman–Crippen LogP) is 4.75. The van der Waals surface area contributed by atoms with E-state index in [0.29, 0.717) is 6.07 Å². The van der Waals surface area contributed by atoms with E-state index in [1.165, 1.54) is 23.4 Å². The van der Waals surface area contributed by atoms with Crippen molar-refractivity contribution >= 4 is 5.69 Å². The lowest BCUT2D eigenvalue weighted by atomic mass is 9.79. The van der Waals surface area contributed by atoms with E-state index in [0.717, 1.165) is 24.3 Å². The minimum absolute atomic E-state index is 0.000316. The molecule has 0 amide bonds. The Balaban J connectivity index is 1.73. The number of aliphatic hydroxyl groups excluding tert-OH is 1. The molecule has 11 heteroatoms. The summed E-state index contributed by atoms with van der Waals surface area (Å²) in [5, 5.41) is 16.9. The zero-order valence-corrected chi connectivity index (χ0v) is 16.5. The average Bonchev–Trinajstić information content (AvgIpc) is 3.32. The summed E-state index contributed by atoms with van der Waals surface area (Å²) in [5.74, 6) is -2.01. The van der Waals surface area contributed by atoms with Gasteiger partial charge in [-0.25, -0.2) is 18.2 Å². The third kappa shape index (κ3) is 3.92. The van der Waals surface area contributed by atoms with Gasteiger partial charge in [0.2, 0.25) is 0 Å². The van der Waals surface area contributed by atoms with Gasteiger partial charge in [-0.15, -0.1) is 0 Å². The van der Waals surface area contributed by atoms with Crippen LogP contribution in [0.5, 0.6) is 0 Å². The van der Waals surface area contributed by atoms with Gasteiger partial charge < -0.3 is 10.4 Å². The van der Waals surface area contributed by atoms with Gasteiger partial charge in [0.15, 0.2) is 6.17 Å². The monoisotopic (exact) mass is 456 g/mol. The van der Waals surface area contributed by atoms with E-state index < -0.39 is 46.8 Å². The number of halogens is 6. The van der Waals surface area contributed by atoms with Crippen LogP contribution in [0.15, 0.2) is 49.1 Å². The van der Waals surface area contributed by atoms with Gasteiger partial charge in [-0.3, -0.25) is 4.68 Å². The molecule has 1 aliphatic rings. The van der Waals surface area contributed by atoms with Crippen molar-refractivity contribution in [2.45, 2.75) is 43.4 Å². The van der Waals surface area contributed by atoms with Gasteiger partial charge in [-0.05, 0) is 31.0 Å². The number of nitrogens with zero attached hydrogens (tertiary/aromatic N) is 3. The van der Waals surface area contributed by atoms with Crippen molar-refractivity contribution in [3.05, 3.63) is 77.4 Å². The second-order valence-electron chi connectivity index (χ2n) is 7.66. The van der Waals surface area contributed by atoms with Crippen molar-refractivity contribution in [2.75, 3.05) is 5.32 Å². The van der Waals surface area contributed by atoms with Crippen molar-refractivity contribution in [1.82, 2.24) is 14.8 Å². The summed E-state index contributed by atoms with van der Waals surface area (Å²) in [7, 11) is 0. The first kappa shape index (κ1) is 22.1. The molecule has 1 aromatic heterocycles. The quantitative estimate of drug-likeness (QED) is 0.526. The van der Waals surface area contributed by atoms with Crippen LogP contribution in [0.25, 0.3) is 0 Å². The summed E-state index contributed by atoms with van der Waals surface area (Å²) < 4.78 is 86.1. The molecule has 1 aliphatic heterocycles. The molecular weight excluding hydrogens is 438 g/mol. The van der Waals surface area contributed by atoms with E-state index in [1.807, 2.05) is 0 Å². The lowest BCUT2D eigenvalue weighted by Crippen LogP contribution is -2.38. The molecule has 0 saturated heterocycles. The van der Waals surface area contributed by atoms with Crippen LogP contribution in [0.2, 0.25) is 0 Å². The number of anilines is 1. The first-order valence-electron chi connectivity index (χ1n) is 9.70. The summed E-state index contributed by atoms with van der Waals surface area (Å²) in [6.45, 7) is -0.000316. The minimum atomic E-state index is -4.83. The summed E-state index contributed by atoms with van der Waals surface area (Å²) >= 11 is 0. The normalized spacial score (nSPS) is 21.3. The molecule has 2 N–H and O–H groups in total. The van der Waals surface area contributed by atoms with Gasteiger partial charge in [-0.2, -0.15) is 18.3 Å². The second kappa shape index (κ2) is 8.12. The van der Waals surface area contributed by atoms with E-state index in [9.17, 15) is 27.1 Å². The van der Waals surface area contributed by atoms with E-state index in [1.54, 1.807) is 0 Å². The van der Waals surface area contributed by atoms with Crippen LogP contribution in [-0.2, 0) is 18.3 Å². The highest BCUT2D eigenvalue weighted by Crippen LogP contribution is 2.55. The lowest BCUT2D eigenvalue weighted by molar-refractivity contribution is -0.138. The number of rotatable bonds is 6. The van der Waals surface area contributed by atoms with E-state index in [4.69, 9.17) is 0 Å². The van der Waals surface area contributed by atoms with Gasteiger partial charge in [0.1, 0.15) is 29.8 Å². The molecule has 0 fully saturated rings. The van der Waals surface area contributed by atoms with Crippen LogP contribution >= 0.6 is 0 Å². The highest BCUT2D eigenvalue weighted by molar-refractivity contribution is 5.66. The zero-order chi connectivity index (χ0) is 23.1. The van der Waals surface area contributed by atoms with E-state index >= 15 is 4.39 Å². The molecule has 2 aromatic carbocycles. The van der Waals surface area contributed by atoms with Crippen LogP contribution in [0.4, 0.5) is 32.0 Å². The minimum Gasteiger partial charge on any atom is -0.391 e. The molecule has 2 heterocycles. The number of aliphatic hydroxyl groups is 1. The summed E-state index contributed by atoms with van der Waals surface area (Å²) in [4.78, 5) is 3.74. The molecule has 0 spiro atoms. The Morgan fingerprint density at radius 2 is 1.97 bits per heavy atom. The van der Waals surface area contributed by atoms with E-state index in [-0.39, 0.29) is 30.6 Å². The number of hydrogen-bond donors (Lipinski definition) is 2. The number of nitrogens with one attached hydrogen (secondary N) is 1. The van der Waals surface area contributed by atoms with Gasteiger partial charge in [0.05, 0.1) is 18.2 Å². The van der Waals surface area contributed by atoms with Crippen molar-refractivity contribution in [1.29, 1.82) is 0 Å². The van der Waals surface area contributed by atoms with Crippen LogP contribution in [-0.4, -0.2) is 26.0 Å². The fourth-order valence-corrected chi connectivity index (χ4v) is 4.15. The maximum Gasteiger partial charge on any atom is 0.416 e. The smallest absolute Gasteiger partial charge is 0.391 e. The highest BCUT2D eigenvalue weighted by Gasteiger charge is 2.52. The Morgan fingerprint density at radius 1 is 1.19 bits per heavy atom. The lowest BCUT2D eigenvalue weighted by Gasteiger charge is -2.34. The molecule has 3 atom stereocenters. The first-order chi connectivity index (χ1) is 15.1. The molecule has 0 radical (unpaired) electrons. The number of hydrogen-bond acceptors (Lipinski definition) is 4. The fourth-order valence-electron chi connectivity index (χ4n) is 4.15. The van der Waals surface area contributed by atoms with Gasteiger partial charge in [-0.1, -0.05) is 12.1 Å². The number of benzene rings is 2. The standard InChI is InChI=1S/C21H18F6N4O/c22-12-4-5-14(16(23)8-12)20(7-6-13(32)9-31-11-28-10-29-31)19(24)18-15(21(25,26)27)2-1-3-17(18)30-20/h1-5,8,10-11,13,19,30,32H,6-7,9H2. The molecule has 0 saturated carbocycles. The van der Waals surface area contributed by atoms with Crippen LogP contribution < -0.4 is 5.32 Å². The molecule has 3 unspecified atom stereocenters. The summed E-state index contributed by atoms with van der Waals surface area (Å²) in [6, 6.07) is 5.61. The number of fused-ring (bicyclic) bond motifs is 1. The second-order valence-corrected chi connectivity index (χ2v) is 7.66. The third-order valence-corrected chi connectivity index (χ3v) is 5.60. The Morgan fingerprint density at radius 3 is 2.62 bits per heavy atom. The maximum atomic E-state index is 15.9. The molecule has 0 bridgehead atoms. The molecule has 4 rings (SSSR count). The van der Waals surface area contributed by atoms with Crippen LogP contribution in [0.3, 0.4) is 0 Å². The van der Waals surface area contributed by atoms with Crippen molar-refractivity contribution < 1.29 is 31.4 Å². The number of alkyl halides is 4. The van der Waals surface area contributed by atoms with Gasteiger partial charge in [0.25, 0.3) is 0 Å². The SMILES string of the molecule is OC(CCC1(c2ccc(F)cc2F)Nc2cccc(C(F)(F)F)c2C1F)Cn1cncn1. The van der Waals surface area contributed by atoms with Crippen LogP contribution in [0, 0.1) is 11.6 Å². The molecular formula is C21H18F6N4O. The summed E-state index contributed by atoms with van der Waals surface area (Å²) in [6.07, 6.45) is -5.99. The topological polar surface area (TPSA) is 63.0 Å². The molecule has 5 nitrogen and oxygen atoms in total. The van der Waals surface area contributed by atoms with Gasteiger partial charge in [0, 0.05) is 22.9 Å². The molecule has 0 aliphatic carbocycles. The first-order valence-corrected chi connectivity index (χ1v) is 9.70. The predicted molar refractivity (Wildman–Crippen MR) is 102 cm³/mol. The largest absolute Gasteiger partial charge is 0.416 e. The molecule has 32 heavy (non-hydrogen) atoms. The van der Waals surface area contributed by atoms with E-state index in [2.05, 4.69) is 15.4 Å². The van der Waals surface area contributed by atoms with Gasteiger partial charge >= 0.3 is 6.18 Å².